The Morgan fingerprint density at radius 2 is 1.88 bits per heavy atom. The summed E-state index contributed by atoms with van der Waals surface area (Å²) in [5.74, 6) is 0.761. The number of nitrogens with zero attached hydrogens (tertiary/aromatic N) is 2. The third-order valence-corrected chi connectivity index (χ3v) is 6.27. The van der Waals surface area contributed by atoms with Crippen molar-refractivity contribution in [1.82, 2.24) is 9.97 Å². The minimum absolute atomic E-state index is 0.0563. The van der Waals surface area contributed by atoms with Crippen LogP contribution >= 0.6 is 46.6 Å². The van der Waals surface area contributed by atoms with Gasteiger partial charge in [-0.25, -0.2) is 23.5 Å². The third kappa shape index (κ3) is 4.48. The smallest absolute Gasteiger partial charge is 0.241 e. The Hall–Kier alpha value is -0.810. The molecule has 0 radical (unpaired) electrons. The van der Waals surface area contributed by atoms with Crippen molar-refractivity contribution in [2.45, 2.75) is 9.92 Å². The zero-order chi connectivity index (χ0) is 18.8. The zero-order valence-electron chi connectivity index (χ0n) is 12.8. The summed E-state index contributed by atoms with van der Waals surface area (Å²) in [5.41, 5.74) is 6.00. The monoisotopic (exact) mass is 442 g/mol. The van der Waals surface area contributed by atoms with Gasteiger partial charge >= 0.3 is 0 Å². The first-order valence-corrected chi connectivity index (χ1v) is 10.3. The molecule has 1 aromatic heterocycles. The summed E-state index contributed by atoms with van der Waals surface area (Å²) in [4.78, 5) is 8.25. The number of methoxy groups -OCH3 is 1. The molecule has 1 aromatic carbocycles. The molecule has 2 rings (SSSR count). The van der Waals surface area contributed by atoms with Gasteiger partial charge < -0.3 is 10.5 Å². The second-order valence-corrected chi connectivity index (χ2v) is 8.33. The molecule has 0 fully saturated rings. The normalized spacial score (nSPS) is 11.6. The standard InChI is InChI=1S/C13H13Cl3N4O3S2/c1-23-12-10(19-11(16)13(20-12)24-5-4-17)6-2-3-7(25(18,21)22)9(15)8(6)14/h2-3H,4-5,17H2,1H3,(H2,18,21,22). The number of sulfonamides is 1. The van der Waals surface area contributed by atoms with Crippen molar-refractivity contribution < 1.29 is 13.2 Å². The van der Waals surface area contributed by atoms with Crippen LogP contribution in [0, 0.1) is 0 Å². The minimum atomic E-state index is -4.02. The van der Waals surface area contributed by atoms with Crippen LogP contribution in [-0.2, 0) is 10.0 Å². The summed E-state index contributed by atoms with van der Waals surface area (Å²) in [5, 5.41) is 5.42. The van der Waals surface area contributed by atoms with Crippen LogP contribution in [0.25, 0.3) is 11.3 Å². The van der Waals surface area contributed by atoms with Gasteiger partial charge in [-0.15, -0.1) is 11.8 Å². The third-order valence-electron chi connectivity index (χ3n) is 2.95. The molecule has 0 spiro atoms. The SMILES string of the molecule is COc1nc(SCCN)c(Cl)nc1-c1ccc(S(N)(=O)=O)c(Cl)c1Cl. The maximum absolute atomic E-state index is 11.5. The van der Waals surface area contributed by atoms with Gasteiger partial charge in [0.15, 0.2) is 5.15 Å². The Morgan fingerprint density at radius 3 is 2.44 bits per heavy atom. The van der Waals surface area contributed by atoms with Crippen LogP contribution in [0.4, 0.5) is 0 Å². The Labute approximate surface area is 164 Å². The van der Waals surface area contributed by atoms with Crippen molar-refractivity contribution in [2.24, 2.45) is 10.9 Å². The molecule has 25 heavy (non-hydrogen) atoms. The number of rotatable bonds is 6. The van der Waals surface area contributed by atoms with Gasteiger partial charge in [-0.2, -0.15) is 0 Å². The second-order valence-electron chi connectivity index (χ2n) is 4.60. The molecule has 136 valence electrons. The molecule has 0 saturated carbocycles. The van der Waals surface area contributed by atoms with E-state index >= 15 is 0 Å². The van der Waals surface area contributed by atoms with Crippen molar-refractivity contribution >= 4 is 56.6 Å². The zero-order valence-corrected chi connectivity index (χ0v) is 16.7. The summed E-state index contributed by atoms with van der Waals surface area (Å²) in [7, 11) is -2.61. The number of benzene rings is 1. The summed E-state index contributed by atoms with van der Waals surface area (Å²) >= 11 is 19.7. The van der Waals surface area contributed by atoms with E-state index in [1.54, 1.807) is 0 Å². The summed E-state index contributed by atoms with van der Waals surface area (Å²) < 4.78 is 28.3. The van der Waals surface area contributed by atoms with Gasteiger partial charge in [-0.3, -0.25) is 0 Å². The molecule has 0 atom stereocenters. The molecule has 0 unspecified atom stereocenters. The number of primary sulfonamides is 1. The van der Waals surface area contributed by atoms with Gasteiger partial charge in [-0.1, -0.05) is 34.8 Å². The molecule has 0 aliphatic rings. The van der Waals surface area contributed by atoms with E-state index in [1.807, 2.05) is 0 Å². The van der Waals surface area contributed by atoms with Crippen molar-refractivity contribution in [2.75, 3.05) is 19.4 Å². The van der Waals surface area contributed by atoms with Crippen LogP contribution in [0.2, 0.25) is 15.2 Å². The van der Waals surface area contributed by atoms with Crippen LogP contribution in [0.1, 0.15) is 0 Å². The molecular formula is C13H13Cl3N4O3S2. The molecule has 4 N–H and O–H groups in total. The van der Waals surface area contributed by atoms with E-state index in [9.17, 15) is 8.42 Å². The van der Waals surface area contributed by atoms with Gasteiger partial charge in [0.05, 0.1) is 17.2 Å². The maximum Gasteiger partial charge on any atom is 0.241 e. The lowest BCUT2D eigenvalue weighted by Gasteiger charge is -2.13. The van der Waals surface area contributed by atoms with E-state index < -0.39 is 10.0 Å². The summed E-state index contributed by atoms with van der Waals surface area (Å²) in [6, 6.07) is 2.63. The fourth-order valence-corrected chi connectivity index (χ4v) is 4.21. The number of hydrogen-bond donors (Lipinski definition) is 2. The molecular weight excluding hydrogens is 431 g/mol. The fraction of sp³-hybridized carbons (Fsp3) is 0.231. The lowest BCUT2D eigenvalue weighted by Crippen LogP contribution is -2.13. The number of halogens is 3. The molecule has 1 heterocycles. The average molecular weight is 444 g/mol. The van der Waals surface area contributed by atoms with Crippen molar-refractivity contribution in [3.05, 3.63) is 27.3 Å². The van der Waals surface area contributed by atoms with E-state index in [0.717, 1.165) is 0 Å². The number of thioether (sulfide) groups is 1. The topological polar surface area (TPSA) is 121 Å². The van der Waals surface area contributed by atoms with Crippen LogP contribution in [0.5, 0.6) is 5.88 Å². The predicted octanol–water partition coefficient (Wildman–Crippen LogP) is 2.81. The quantitative estimate of drug-likeness (QED) is 0.658. The molecule has 0 aliphatic carbocycles. The largest absolute Gasteiger partial charge is 0.479 e. The van der Waals surface area contributed by atoms with E-state index in [1.165, 1.54) is 31.0 Å². The number of ether oxygens (including phenoxy) is 1. The molecule has 0 saturated heterocycles. The Balaban J connectivity index is 2.62. The van der Waals surface area contributed by atoms with E-state index in [0.29, 0.717) is 22.9 Å². The van der Waals surface area contributed by atoms with Crippen molar-refractivity contribution in [3.8, 4) is 17.1 Å². The number of nitrogens with two attached hydrogens (primary N) is 2. The predicted molar refractivity (Wildman–Crippen MR) is 100 cm³/mol. The van der Waals surface area contributed by atoms with E-state index in [-0.39, 0.29) is 31.7 Å². The lowest BCUT2D eigenvalue weighted by molar-refractivity contribution is 0.394. The van der Waals surface area contributed by atoms with Crippen LogP contribution < -0.4 is 15.6 Å². The summed E-state index contributed by atoms with van der Waals surface area (Å²) in [6.07, 6.45) is 0. The van der Waals surface area contributed by atoms with Crippen LogP contribution in [-0.4, -0.2) is 37.8 Å². The fourth-order valence-electron chi connectivity index (χ4n) is 1.88. The highest BCUT2D eigenvalue weighted by molar-refractivity contribution is 7.99. The van der Waals surface area contributed by atoms with E-state index in [2.05, 4.69) is 9.97 Å². The van der Waals surface area contributed by atoms with E-state index in [4.69, 9.17) is 50.4 Å². The first-order valence-electron chi connectivity index (χ1n) is 6.66. The highest BCUT2D eigenvalue weighted by Crippen LogP contribution is 2.40. The number of aromatic nitrogens is 2. The molecule has 0 aliphatic heterocycles. The van der Waals surface area contributed by atoms with Gasteiger partial charge in [0.25, 0.3) is 0 Å². The number of hydrogen-bond acceptors (Lipinski definition) is 7. The Morgan fingerprint density at radius 1 is 1.20 bits per heavy atom. The van der Waals surface area contributed by atoms with Crippen LogP contribution in [0.3, 0.4) is 0 Å². The molecule has 0 bridgehead atoms. The van der Waals surface area contributed by atoms with Gasteiger partial charge in [0, 0.05) is 17.9 Å². The average Bonchev–Trinajstić information content (AvgIpc) is 2.55. The summed E-state index contributed by atoms with van der Waals surface area (Å²) in [6.45, 7) is 0.448. The van der Waals surface area contributed by atoms with Crippen molar-refractivity contribution in [3.63, 3.8) is 0 Å². The van der Waals surface area contributed by atoms with Gasteiger partial charge in [0.2, 0.25) is 15.9 Å². The minimum Gasteiger partial charge on any atom is -0.479 e. The Bertz CT molecular complexity index is 910. The van der Waals surface area contributed by atoms with Gasteiger partial charge in [0.1, 0.15) is 15.6 Å². The van der Waals surface area contributed by atoms with Crippen LogP contribution in [0.15, 0.2) is 22.1 Å². The first-order chi connectivity index (χ1) is 11.7. The molecule has 0 amide bonds. The molecule has 12 heteroatoms. The maximum atomic E-state index is 11.5. The van der Waals surface area contributed by atoms with Gasteiger partial charge in [-0.05, 0) is 12.1 Å². The van der Waals surface area contributed by atoms with Crippen molar-refractivity contribution in [1.29, 1.82) is 0 Å². The second kappa shape index (κ2) is 8.26. The molecule has 7 nitrogen and oxygen atoms in total. The lowest BCUT2D eigenvalue weighted by atomic mass is 10.1. The highest BCUT2D eigenvalue weighted by Gasteiger charge is 2.23. The Kier molecular flexibility index (Phi) is 6.77. The highest BCUT2D eigenvalue weighted by atomic mass is 35.5. The first kappa shape index (κ1) is 20.5. The molecule has 2 aromatic rings.